The minimum absolute atomic E-state index is 0.250. The summed E-state index contributed by atoms with van der Waals surface area (Å²) in [4.78, 5) is 8.36. The van der Waals surface area contributed by atoms with Crippen LogP contribution in [-0.2, 0) is 46.7 Å². The van der Waals surface area contributed by atoms with Crippen LogP contribution in [0.15, 0.2) is 72.8 Å². The van der Waals surface area contributed by atoms with Crippen LogP contribution in [0.2, 0.25) is 0 Å². The second-order valence-corrected chi connectivity index (χ2v) is 15.6. The Morgan fingerprint density at radius 1 is 0.678 bits per heavy atom. The predicted molar refractivity (Wildman–Crippen MR) is 247 cm³/mol. The van der Waals surface area contributed by atoms with E-state index in [1.54, 1.807) is 26.4 Å². The van der Waals surface area contributed by atoms with E-state index < -0.39 is 0 Å². The topological polar surface area (TPSA) is 105 Å². The molecule has 1 fully saturated rings. The molecule has 0 saturated heterocycles. The van der Waals surface area contributed by atoms with Crippen LogP contribution in [0.25, 0.3) is 11.1 Å². The number of phenolic OH excluding ortho intramolecular Hbond substituents is 2. The first kappa shape index (κ1) is 52.7. The third-order valence-electron chi connectivity index (χ3n) is 10.8. The minimum Gasteiger partial charge on any atom is -0.508 e. The Morgan fingerprint density at radius 3 is 1.49 bits per heavy atom. The summed E-state index contributed by atoms with van der Waals surface area (Å²) in [6.45, 7) is 23.0. The van der Waals surface area contributed by atoms with Gasteiger partial charge in [0, 0.05) is 20.6 Å². The van der Waals surface area contributed by atoms with Gasteiger partial charge in [0.1, 0.15) is 17.2 Å². The van der Waals surface area contributed by atoms with Gasteiger partial charge in [0.25, 0.3) is 6.47 Å². The number of aromatic hydroxyl groups is 2. The summed E-state index contributed by atoms with van der Waals surface area (Å²) in [6, 6.07) is 24.7. The van der Waals surface area contributed by atoms with Crippen LogP contribution in [0, 0.1) is 11.8 Å². The average molecular weight is 815 g/mol. The summed E-state index contributed by atoms with van der Waals surface area (Å²) in [5.74, 6) is 4.46. The highest BCUT2D eigenvalue weighted by molar-refractivity contribution is 5.70. The van der Waals surface area contributed by atoms with E-state index in [4.69, 9.17) is 29.2 Å². The van der Waals surface area contributed by atoms with Crippen molar-refractivity contribution in [1.82, 2.24) is 0 Å². The number of phenols is 2. The van der Waals surface area contributed by atoms with Gasteiger partial charge in [-0.05, 0) is 161 Å². The maximum Gasteiger partial charge on any atom is 0.290 e. The molecule has 0 bridgehead atoms. The van der Waals surface area contributed by atoms with Gasteiger partial charge in [-0.25, -0.2) is 0 Å². The van der Waals surface area contributed by atoms with E-state index in [-0.39, 0.29) is 6.47 Å². The summed E-state index contributed by atoms with van der Waals surface area (Å²) in [7, 11) is 3.48. The number of hydrogen-bond donors (Lipinski definition) is 3. The van der Waals surface area contributed by atoms with Crippen molar-refractivity contribution in [3.63, 3.8) is 0 Å². The summed E-state index contributed by atoms with van der Waals surface area (Å²) < 4.78 is 17.4. The quantitative estimate of drug-likeness (QED) is 0.0912. The lowest BCUT2D eigenvalue weighted by Gasteiger charge is -2.19. The molecule has 4 aromatic rings. The van der Waals surface area contributed by atoms with Crippen molar-refractivity contribution >= 4 is 6.47 Å². The molecule has 7 heteroatoms. The zero-order valence-electron chi connectivity index (χ0n) is 38.6. The van der Waals surface area contributed by atoms with E-state index in [0.29, 0.717) is 49.1 Å². The molecule has 5 rings (SSSR count). The molecule has 2 atom stereocenters. The first-order chi connectivity index (χ1) is 28.4. The van der Waals surface area contributed by atoms with Crippen LogP contribution in [0.3, 0.4) is 0 Å². The number of carboxylic acid groups (broad SMARTS) is 1. The molecule has 4 aromatic carbocycles. The van der Waals surface area contributed by atoms with Gasteiger partial charge >= 0.3 is 0 Å². The highest BCUT2D eigenvalue weighted by Crippen LogP contribution is 2.39. The van der Waals surface area contributed by atoms with Gasteiger partial charge in [-0.1, -0.05) is 99.9 Å². The highest BCUT2D eigenvalue weighted by atomic mass is 16.5. The molecule has 328 valence electrons. The van der Waals surface area contributed by atoms with E-state index in [9.17, 15) is 5.11 Å². The van der Waals surface area contributed by atoms with Crippen molar-refractivity contribution in [2.45, 2.75) is 146 Å². The normalized spacial score (nSPS) is 12.6. The maximum atomic E-state index is 10.9. The average Bonchev–Trinajstić information content (AvgIpc) is 4.08. The fourth-order valence-electron chi connectivity index (χ4n) is 6.28. The third kappa shape index (κ3) is 19.1. The molecular weight excluding hydrogens is 737 g/mol. The number of hydrogen-bond acceptors (Lipinski definition) is 6. The van der Waals surface area contributed by atoms with Gasteiger partial charge < -0.3 is 29.5 Å². The maximum absolute atomic E-state index is 10.9. The van der Waals surface area contributed by atoms with Crippen molar-refractivity contribution < 1.29 is 34.3 Å². The molecular formula is C52H78O7. The molecule has 0 radical (unpaired) electrons. The molecule has 0 heterocycles. The molecule has 1 aliphatic rings. The van der Waals surface area contributed by atoms with Crippen LogP contribution < -0.4 is 4.74 Å². The largest absolute Gasteiger partial charge is 0.508 e. The van der Waals surface area contributed by atoms with E-state index >= 15 is 0 Å². The number of benzene rings is 4. The standard InChI is InChI=1S/C34H44O4.C10H14O.C5H12.C2H6.CH2O2/c1-6-23(3)26-10-12-32(13-11-26)38-15-14-33-30(21-36-4)19-28(20-31(33)22-37-5)27-17-25(7-2)34(35)29(18-27)16-24-8-9-24;1-3-8(2)9-4-6-10(11)7-5-9;1-4-5(2)3;1-2;2-1-3/h10-13,17-20,23-24,35H,6-9,14-16,21-22H2,1-5H3;4-8,11H,3H2,1-2H3;5H,4H2,1-3H3;1-2H3;1H,(H,2,3). The number of methoxy groups -OCH3 is 2. The molecule has 0 aromatic heterocycles. The Balaban J connectivity index is 0.000000681. The molecule has 2 unspecified atom stereocenters. The molecule has 1 saturated carbocycles. The van der Waals surface area contributed by atoms with Crippen LogP contribution in [0.5, 0.6) is 17.2 Å². The molecule has 3 N–H and O–H groups in total. The Hall–Kier alpha value is -4.33. The Kier molecular flexibility index (Phi) is 26.6. The second kappa shape index (κ2) is 29.8. The number of ether oxygens (including phenoxy) is 3. The first-order valence-corrected chi connectivity index (χ1v) is 22.0. The van der Waals surface area contributed by atoms with Crippen molar-refractivity contribution in [2.75, 3.05) is 20.8 Å². The summed E-state index contributed by atoms with van der Waals surface area (Å²) in [6.07, 6.45) is 8.64. The van der Waals surface area contributed by atoms with Gasteiger partial charge in [-0.2, -0.15) is 0 Å². The lowest BCUT2D eigenvalue weighted by molar-refractivity contribution is -0.122. The molecule has 7 nitrogen and oxygen atoms in total. The van der Waals surface area contributed by atoms with E-state index in [1.807, 2.05) is 26.0 Å². The summed E-state index contributed by atoms with van der Waals surface area (Å²) in [5.41, 5.74) is 10.5. The SMILES string of the molecule is CC.CCC(C)C.CCC(C)c1ccc(O)cc1.CCc1cc(-c2cc(COC)c(CCOc3ccc(C(C)CC)cc3)c(COC)c2)cc(CC2CC2)c1O.O=CO. The highest BCUT2D eigenvalue weighted by Gasteiger charge is 2.24. The van der Waals surface area contributed by atoms with Crippen LogP contribution in [0.1, 0.15) is 152 Å². The molecule has 59 heavy (non-hydrogen) atoms. The Morgan fingerprint density at radius 2 is 1.10 bits per heavy atom. The third-order valence-corrected chi connectivity index (χ3v) is 10.8. The zero-order chi connectivity index (χ0) is 44.3. The first-order valence-electron chi connectivity index (χ1n) is 22.0. The predicted octanol–water partition coefficient (Wildman–Crippen LogP) is 13.7. The minimum atomic E-state index is -0.250. The van der Waals surface area contributed by atoms with E-state index in [1.165, 1.54) is 36.0 Å². The number of carbonyl (C=O) groups is 1. The van der Waals surface area contributed by atoms with Crippen molar-refractivity contribution in [1.29, 1.82) is 0 Å². The summed E-state index contributed by atoms with van der Waals surface area (Å²) >= 11 is 0. The Bertz CT molecular complexity index is 1680. The lowest BCUT2D eigenvalue weighted by Crippen LogP contribution is -2.09. The molecule has 0 aliphatic heterocycles. The molecule has 1 aliphatic carbocycles. The zero-order valence-corrected chi connectivity index (χ0v) is 38.6. The number of rotatable bonds is 17. The lowest BCUT2D eigenvalue weighted by atomic mass is 9.90. The molecule has 0 spiro atoms. The van der Waals surface area contributed by atoms with Crippen LogP contribution in [-0.4, -0.2) is 42.6 Å². The fraction of sp³-hybridized carbons (Fsp3) is 0.519. The van der Waals surface area contributed by atoms with Crippen molar-refractivity contribution in [3.8, 4) is 28.4 Å². The fourth-order valence-corrected chi connectivity index (χ4v) is 6.28. The van der Waals surface area contributed by atoms with E-state index in [0.717, 1.165) is 77.2 Å². The van der Waals surface area contributed by atoms with Gasteiger partial charge in [-0.15, -0.1) is 0 Å². The van der Waals surface area contributed by atoms with Gasteiger partial charge in [-0.3, -0.25) is 4.79 Å². The Labute approximate surface area is 358 Å². The van der Waals surface area contributed by atoms with Gasteiger partial charge in [0.15, 0.2) is 0 Å². The monoisotopic (exact) mass is 815 g/mol. The van der Waals surface area contributed by atoms with Gasteiger partial charge in [0.05, 0.1) is 19.8 Å². The van der Waals surface area contributed by atoms with Crippen molar-refractivity contribution in [2.24, 2.45) is 11.8 Å². The summed E-state index contributed by atoms with van der Waals surface area (Å²) in [5, 5.41) is 26.8. The van der Waals surface area contributed by atoms with Crippen LogP contribution >= 0.6 is 0 Å². The van der Waals surface area contributed by atoms with E-state index in [2.05, 4.69) is 104 Å². The second-order valence-electron chi connectivity index (χ2n) is 15.6. The van der Waals surface area contributed by atoms with Gasteiger partial charge in [0.2, 0.25) is 0 Å². The van der Waals surface area contributed by atoms with Crippen LogP contribution in [0.4, 0.5) is 0 Å². The number of aryl methyl sites for hydroxylation is 1. The van der Waals surface area contributed by atoms with Crippen molar-refractivity contribution in [3.05, 3.63) is 112 Å². The smallest absolute Gasteiger partial charge is 0.290 e. The molecule has 0 amide bonds.